The van der Waals surface area contributed by atoms with Gasteiger partial charge < -0.3 is 14.5 Å². The standard InChI is InChI=1S/C19H22F3N5O2S/c1-11-14(30-10-23-11)2-4-25-15(19(20,21)22)3-5-26-17(28)7-16(24-18(25)26)27-8-13-6-12(27)9-29-13/h7,10,12-13,15H,2-6,8-9H2,1H3/t12-,13-,15-/m0/s1. The molecule has 7 nitrogen and oxygen atoms in total. The van der Waals surface area contributed by atoms with Gasteiger partial charge >= 0.3 is 6.18 Å². The van der Waals surface area contributed by atoms with E-state index in [1.807, 2.05) is 11.8 Å². The van der Waals surface area contributed by atoms with Gasteiger partial charge in [-0.05, 0) is 19.8 Å². The molecule has 2 aromatic rings. The smallest absolute Gasteiger partial charge is 0.374 e. The Kier molecular flexibility index (Phi) is 4.77. The molecule has 0 unspecified atom stereocenters. The largest absolute Gasteiger partial charge is 0.408 e. The van der Waals surface area contributed by atoms with E-state index in [-0.39, 0.29) is 43.2 Å². The molecule has 0 aliphatic carbocycles. The molecule has 2 saturated heterocycles. The Hall–Kier alpha value is -2.14. The highest BCUT2D eigenvalue weighted by Crippen LogP contribution is 2.36. The maximum absolute atomic E-state index is 13.9. The number of rotatable bonds is 4. The van der Waals surface area contributed by atoms with E-state index in [1.54, 1.807) is 5.51 Å². The lowest BCUT2D eigenvalue weighted by atomic mass is 10.1. The second-order valence-corrected chi connectivity index (χ2v) is 8.99. The van der Waals surface area contributed by atoms with Crippen LogP contribution in [-0.4, -0.2) is 58.6 Å². The first-order chi connectivity index (χ1) is 14.3. The summed E-state index contributed by atoms with van der Waals surface area (Å²) in [7, 11) is 0. The van der Waals surface area contributed by atoms with Crippen LogP contribution in [0, 0.1) is 6.92 Å². The van der Waals surface area contributed by atoms with E-state index in [1.165, 1.54) is 26.9 Å². The molecule has 2 bridgehead atoms. The number of alkyl halides is 3. The van der Waals surface area contributed by atoms with Gasteiger partial charge in [0.2, 0.25) is 5.95 Å². The maximum atomic E-state index is 13.9. The SMILES string of the molecule is Cc1ncsc1CCN1c2nc(N3C[C@@H]4C[C@H]3CO4)cc(=O)n2CC[C@H]1C(F)(F)F. The predicted octanol–water partition coefficient (Wildman–Crippen LogP) is 2.37. The average molecular weight is 441 g/mol. The minimum Gasteiger partial charge on any atom is -0.374 e. The molecule has 2 aromatic heterocycles. The minimum atomic E-state index is -4.40. The van der Waals surface area contributed by atoms with E-state index >= 15 is 0 Å². The van der Waals surface area contributed by atoms with E-state index < -0.39 is 12.2 Å². The highest BCUT2D eigenvalue weighted by Gasteiger charge is 2.47. The molecule has 0 amide bonds. The molecule has 0 aromatic carbocycles. The van der Waals surface area contributed by atoms with Crippen molar-refractivity contribution in [1.82, 2.24) is 14.5 Å². The first-order valence-electron chi connectivity index (χ1n) is 10.0. The zero-order chi connectivity index (χ0) is 21.0. The summed E-state index contributed by atoms with van der Waals surface area (Å²) in [6.45, 7) is 3.16. The van der Waals surface area contributed by atoms with Gasteiger partial charge in [-0.25, -0.2) is 4.98 Å². The second kappa shape index (κ2) is 7.23. The Bertz CT molecular complexity index is 1010. The summed E-state index contributed by atoms with van der Waals surface area (Å²) in [6, 6.07) is -0.0876. The van der Waals surface area contributed by atoms with Crippen LogP contribution in [0.25, 0.3) is 0 Å². The van der Waals surface area contributed by atoms with Crippen LogP contribution in [0.5, 0.6) is 0 Å². The van der Waals surface area contributed by atoms with Crippen molar-refractivity contribution in [3.05, 3.63) is 32.5 Å². The number of aromatic nitrogens is 3. The molecule has 30 heavy (non-hydrogen) atoms. The minimum absolute atomic E-state index is 0.0108. The summed E-state index contributed by atoms with van der Waals surface area (Å²) >= 11 is 1.43. The van der Waals surface area contributed by atoms with Crippen LogP contribution < -0.4 is 15.4 Å². The summed E-state index contributed by atoms with van der Waals surface area (Å²) in [6.07, 6.45) is -3.18. The summed E-state index contributed by atoms with van der Waals surface area (Å²) in [5, 5.41) is 0. The van der Waals surface area contributed by atoms with Crippen molar-refractivity contribution in [3.63, 3.8) is 0 Å². The van der Waals surface area contributed by atoms with Crippen LogP contribution in [0.15, 0.2) is 16.4 Å². The third kappa shape index (κ3) is 3.37. The number of anilines is 2. The van der Waals surface area contributed by atoms with Gasteiger partial charge in [-0.3, -0.25) is 9.36 Å². The number of morpholine rings is 1. The van der Waals surface area contributed by atoms with Crippen LogP contribution in [0.2, 0.25) is 0 Å². The number of ether oxygens (including phenoxy) is 1. The van der Waals surface area contributed by atoms with Crippen molar-refractivity contribution in [2.45, 2.75) is 57.1 Å². The van der Waals surface area contributed by atoms with E-state index in [4.69, 9.17) is 4.74 Å². The topological polar surface area (TPSA) is 63.5 Å². The van der Waals surface area contributed by atoms with Crippen molar-refractivity contribution in [3.8, 4) is 0 Å². The molecule has 5 rings (SSSR count). The fourth-order valence-electron chi connectivity index (χ4n) is 4.67. The van der Waals surface area contributed by atoms with Crippen molar-refractivity contribution < 1.29 is 17.9 Å². The van der Waals surface area contributed by atoms with E-state index in [0.29, 0.717) is 25.4 Å². The van der Waals surface area contributed by atoms with Gasteiger partial charge in [-0.15, -0.1) is 11.3 Å². The number of hydrogen-bond acceptors (Lipinski definition) is 7. The predicted molar refractivity (Wildman–Crippen MR) is 106 cm³/mol. The van der Waals surface area contributed by atoms with Gasteiger partial charge in [0, 0.05) is 37.0 Å². The third-order valence-corrected chi connectivity index (χ3v) is 7.23. The molecule has 3 aliphatic rings. The number of hydrogen-bond donors (Lipinski definition) is 0. The number of fused-ring (bicyclic) bond motifs is 3. The molecular weight excluding hydrogens is 419 g/mol. The second-order valence-electron chi connectivity index (χ2n) is 8.05. The van der Waals surface area contributed by atoms with Crippen LogP contribution in [0.4, 0.5) is 24.9 Å². The van der Waals surface area contributed by atoms with Gasteiger partial charge in [0.05, 0.1) is 30.0 Å². The van der Waals surface area contributed by atoms with Crippen LogP contribution >= 0.6 is 11.3 Å². The molecule has 0 spiro atoms. The molecule has 162 valence electrons. The molecule has 3 aliphatic heterocycles. The van der Waals surface area contributed by atoms with Crippen LogP contribution in [0.1, 0.15) is 23.4 Å². The lowest BCUT2D eigenvalue weighted by Crippen LogP contribution is -2.53. The Balaban J connectivity index is 1.51. The highest BCUT2D eigenvalue weighted by atomic mass is 32.1. The Labute approximate surface area is 175 Å². The number of halogens is 3. The molecule has 0 N–H and O–H groups in total. The molecule has 0 radical (unpaired) electrons. The molecule has 3 atom stereocenters. The molecule has 2 fully saturated rings. The zero-order valence-corrected chi connectivity index (χ0v) is 17.2. The highest BCUT2D eigenvalue weighted by molar-refractivity contribution is 7.09. The summed E-state index contributed by atoms with van der Waals surface area (Å²) < 4.78 is 48.6. The first kappa shape index (κ1) is 19.8. The lowest BCUT2D eigenvalue weighted by molar-refractivity contribution is -0.152. The van der Waals surface area contributed by atoms with E-state index in [2.05, 4.69) is 9.97 Å². The van der Waals surface area contributed by atoms with E-state index in [0.717, 1.165) is 17.0 Å². The van der Waals surface area contributed by atoms with Gasteiger partial charge in [0.1, 0.15) is 11.9 Å². The fraction of sp³-hybridized carbons (Fsp3) is 0.632. The van der Waals surface area contributed by atoms with Gasteiger partial charge in [-0.2, -0.15) is 18.2 Å². The summed E-state index contributed by atoms with van der Waals surface area (Å²) in [4.78, 5) is 25.8. The molecule has 0 saturated carbocycles. The first-order valence-corrected chi connectivity index (χ1v) is 10.9. The third-order valence-electron chi connectivity index (χ3n) is 6.23. The quantitative estimate of drug-likeness (QED) is 0.726. The number of aryl methyl sites for hydroxylation is 1. The summed E-state index contributed by atoms with van der Waals surface area (Å²) in [5.74, 6) is 0.556. The van der Waals surface area contributed by atoms with Crippen molar-refractivity contribution >= 4 is 23.1 Å². The van der Waals surface area contributed by atoms with Gasteiger partial charge in [-0.1, -0.05) is 0 Å². The Morgan fingerprint density at radius 3 is 2.83 bits per heavy atom. The van der Waals surface area contributed by atoms with Crippen molar-refractivity contribution in [2.75, 3.05) is 29.5 Å². The Morgan fingerprint density at radius 2 is 2.20 bits per heavy atom. The lowest BCUT2D eigenvalue weighted by Gasteiger charge is -2.39. The van der Waals surface area contributed by atoms with Gasteiger partial charge in [0.25, 0.3) is 5.56 Å². The van der Waals surface area contributed by atoms with Crippen molar-refractivity contribution in [1.29, 1.82) is 0 Å². The van der Waals surface area contributed by atoms with Crippen LogP contribution in [-0.2, 0) is 17.7 Å². The Morgan fingerprint density at radius 1 is 1.37 bits per heavy atom. The molecule has 11 heteroatoms. The maximum Gasteiger partial charge on any atom is 0.408 e. The normalized spacial score (nSPS) is 25.8. The number of nitrogens with zero attached hydrogens (tertiary/aromatic N) is 5. The number of thiazole rings is 1. The summed E-state index contributed by atoms with van der Waals surface area (Å²) in [5.41, 5.74) is 2.22. The molecule has 5 heterocycles. The monoisotopic (exact) mass is 441 g/mol. The fourth-order valence-corrected chi connectivity index (χ4v) is 5.44. The molecular formula is C19H22F3N5O2S. The van der Waals surface area contributed by atoms with Crippen molar-refractivity contribution in [2.24, 2.45) is 0 Å². The zero-order valence-electron chi connectivity index (χ0n) is 16.4. The van der Waals surface area contributed by atoms with Gasteiger partial charge in [0.15, 0.2) is 0 Å². The van der Waals surface area contributed by atoms with Crippen LogP contribution in [0.3, 0.4) is 0 Å². The van der Waals surface area contributed by atoms with E-state index in [9.17, 15) is 18.0 Å². The average Bonchev–Trinajstić information content (AvgIpc) is 3.42.